The topological polar surface area (TPSA) is 105 Å². The van der Waals surface area contributed by atoms with Crippen LogP contribution in [0.4, 0.5) is 11.6 Å². The summed E-state index contributed by atoms with van der Waals surface area (Å²) < 4.78 is 2.03. The zero-order valence-electron chi connectivity index (χ0n) is 16.9. The lowest BCUT2D eigenvalue weighted by molar-refractivity contribution is 0.299. The molecule has 0 saturated heterocycles. The Kier molecular flexibility index (Phi) is 4.97. The van der Waals surface area contributed by atoms with Gasteiger partial charge in [-0.25, -0.2) is 5.01 Å². The number of nitrogens with zero attached hydrogens (tertiary/aromatic N) is 6. The smallest absolute Gasteiger partial charge is 0.253 e. The molecule has 0 unspecified atom stereocenters. The molecule has 1 aliphatic heterocycles. The third-order valence-corrected chi connectivity index (χ3v) is 6.18. The van der Waals surface area contributed by atoms with Gasteiger partial charge in [0.1, 0.15) is 16.5 Å². The summed E-state index contributed by atoms with van der Waals surface area (Å²) in [5.74, 6) is 1.42. The Morgan fingerprint density at radius 1 is 1.13 bits per heavy atom. The molecular formula is C22H21N7OS. The van der Waals surface area contributed by atoms with Crippen LogP contribution in [0.1, 0.15) is 28.1 Å². The highest BCUT2D eigenvalue weighted by Gasteiger charge is 2.29. The number of aliphatic hydroxyl groups is 1. The Morgan fingerprint density at radius 3 is 2.71 bits per heavy atom. The number of aliphatic hydroxyl groups excluding tert-OH is 1. The number of aromatic nitrogens is 4. The van der Waals surface area contributed by atoms with Crippen LogP contribution in [0.2, 0.25) is 0 Å². The Hall–Kier alpha value is -3.56. The average Bonchev–Trinajstić information content (AvgIpc) is 3.32. The number of hydrogen-bond acceptors (Lipinski definition) is 8. The Bertz CT molecular complexity index is 1240. The van der Waals surface area contributed by atoms with Crippen LogP contribution < -0.4 is 10.7 Å². The van der Waals surface area contributed by atoms with Crippen LogP contribution >= 0.6 is 11.3 Å². The van der Waals surface area contributed by atoms with Gasteiger partial charge >= 0.3 is 0 Å². The first-order valence-electron chi connectivity index (χ1n) is 9.90. The van der Waals surface area contributed by atoms with Crippen molar-refractivity contribution in [2.45, 2.75) is 19.9 Å². The molecule has 156 valence electrons. The minimum Gasteiger partial charge on any atom is -0.399 e. The number of rotatable bonds is 5. The van der Waals surface area contributed by atoms with E-state index in [4.69, 9.17) is 10.8 Å². The lowest BCUT2D eigenvalue weighted by Gasteiger charge is -2.17. The van der Waals surface area contributed by atoms with Gasteiger partial charge in [0.2, 0.25) is 0 Å². The van der Waals surface area contributed by atoms with E-state index in [1.807, 2.05) is 59.1 Å². The fourth-order valence-corrected chi connectivity index (χ4v) is 4.84. The van der Waals surface area contributed by atoms with Crippen molar-refractivity contribution in [1.29, 1.82) is 0 Å². The summed E-state index contributed by atoms with van der Waals surface area (Å²) in [7, 11) is 0. The van der Waals surface area contributed by atoms with Gasteiger partial charge in [0, 0.05) is 35.8 Å². The Morgan fingerprint density at radius 2 is 1.97 bits per heavy atom. The average molecular weight is 432 g/mol. The Balaban J connectivity index is 1.74. The van der Waals surface area contributed by atoms with Crippen LogP contribution in [0, 0.1) is 6.92 Å². The van der Waals surface area contributed by atoms with Crippen molar-refractivity contribution in [1.82, 2.24) is 19.7 Å². The number of nitrogens with two attached hydrogens (primary N) is 1. The van der Waals surface area contributed by atoms with E-state index in [9.17, 15) is 5.11 Å². The van der Waals surface area contributed by atoms with Gasteiger partial charge in [-0.3, -0.25) is 9.55 Å². The third kappa shape index (κ3) is 3.47. The molecule has 1 aromatic carbocycles. The molecule has 0 bridgehead atoms. The minimum absolute atomic E-state index is 0.0611. The lowest BCUT2D eigenvalue weighted by Crippen LogP contribution is -2.20. The summed E-state index contributed by atoms with van der Waals surface area (Å²) in [5, 5.41) is 28.4. The van der Waals surface area contributed by atoms with Crippen LogP contribution in [-0.2, 0) is 13.0 Å². The quantitative estimate of drug-likeness (QED) is 0.471. The molecule has 0 radical (unpaired) electrons. The molecule has 8 nitrogen and oxygen atoms in total. The molecule has 1 aliphatic rings. The lowest BCUT2D eigenvalue weighted by atomic mass is 9.99. The Labute approximate surface area is 183 Å². The second kappa shape index (κ2) is 7.93. The largest absolute Gasteiger partial charge is 0.399 e. The number of hydrazone groups is 1. The molecular weight excluding hydrogens is 410 g/mol. The number of pyridine rings is 1. The van der Waals surface area contributed by atoms with Crippen LogP contribution in [0.25, 0.3) is 5.00 Å². The predicted molar refractivity (Wildman–Crippen MR) is 122 cm³/mol. The van der Waals surface area contributed by atoms with Crippen molar-refractivity contribution in [3.05, 3.63) is 82.3 Å². The predicted octanol–water partition coefficient (Wildman–Crippen LogP) is 2.92. The maximum absolute atomic E-state index is 9.66. The maximum Gasteiger partial charge on any atom is 0.253 e. The van der Waals surface area contributed by atoms with Gasteiger partial charge in [-0.2, -0.15) is 5.10 Å². The van der Waals surface area contributed by atoms with E-state index in [2.05, 4.69) is 20.6 Å². The number of thiophene rings is 1. The number of hydrogen-bond donors (Lipinski definition) is 2. The van der Waals surface area contributed by atoms with Crippen molar-refractivity contribution in [2.24, 2.45) is 5.10 Å². The van der Waals surface area contributed by atoms with Gasteiger partial charge in [0.25, 0.3) is 5.95 Å². The fourth-order valence-electron chi connectivity index (χ4n) is 3.69. The second-order valence-electron chi connectivity index (χ2n) is 7.29. The molecule has 31 heavy (non-hydrogen) atoms. The molecule has 0 aliphatic carbocycles. The molecule has 0 saturated carbocycles. The van der Waals surface area contributed by atoms with E-state index in [-0.39, 0.29) is 6.61 Å². The standard InChI is InChI=1S/C22H21N7OS/c1-14-25-26-22-28(12-15-3-2-9-24-11-15)27-20(16-4-6-18(23)7-5-16)19-17(8-10-30)13-31-21(19)29(14)22/h2-7,9,11,13,30H,8,10,12,23H2,1H3. The van der Waals surface area contributed by atoms with E-state index in [1.165, 1.54) is 0 Å². The summed E-state index contributed by atoms with van der Waals surface area (Å²) in [6, 6.07) is 11.6. The zero-order chi connectivity index (χ0) is 21.4. The van der Waals surface area contributed by atoms with Gasteiger partial charge in [-0.05, 0) is 48.1 Å². The fraction of sp³-hybridized carbons (Fsp3) is 0.182. The number of aryl methyl sites for hydroxylation is 1. The van der Waals surface area contributed by atoms with E-state index in [1.54, 1.807) is 17.5 Å². The highest BCUT2D eigenvalue weighted by Crippen LogP contribution is 2.36. The van der Waals surface area contributed by atoms with E-state index < -0.39 is 0 Å². The molecule has 3 aromatic heterocycles. The van der Waals surface area contributed by atoms with Gasteiger partial charge in [-0.1, -0.05) is 18.2 Å². The molecule has 4 aromatic rings. The number of benzene rings is 1. The van der Waals surface area contributed by atoms with E-state index in [0.717, 1.165) is 38.8 Å². The summed E-state index contributed by atoms with van der Waals surface area (Å²) in [4.78, 5) is 4.23. The van der Waals surface area contributed by atoms with Gasteiger partial charge in [0.15, 0.2) is 0 Å². The van der Waals surface area contributed by atoms with Crippen molar-refractivity contribution >= 4 is 28.7 Å². The first kappa shape index (κ1) is 19.4. The first-order valence-corrected chi connectivity index (χ1v) is 10.8. The monoisotopic (exact) mass is 431 g/mol. The van der Waals surface area contributed by atoms with Crippen LogP contribution in [-0.4, -0.2) is 37.2 Å². The molecule has 0 amide bonds. The normalized spacial score (nSPS) is 12.8. The van der Waals surface area contributed by atoms with Crippen molar-refractivity contribution in [3.63, 3.8) is 0 Å². The van der Waals surface area contributed by atoms with Gasteiger partial charge in [0.05, 0.1) is 6.54 Å². The summed E-state index contributed by atoms with van der Waals surface area (Å²) in [5.41, 5.74) is 11.4. The first-order chi connectivity index (χ1) is 15.2. The highest BCUT2D eigenvalue weighted by molar-refractivity contribution is 7.13. The molecule has 0 spiro atoms. The van der Waals surface area contributed by atoms with Gasteiger partial charge < -0.3 is 10.8 Å². The van der Waals surface area contributed by atoms with Crippen molar-refractivity contribution in [2.75, 3.05) is 17.3 Å². The zero-order valence-corrected chi connectivity index (χ0v) is 17.8. The summed E-state index contributed by atoms with van der Waals surface area (Å²) >= 11 is 1.60. The molecule has 0 atom stereocenters. The second-order valence-corrected chi connectivity index (χ2v) is 8.14. The maximum atomic E-state index is 9.66. The van der Waals surface area contributed by atoms with E-state index >= 15 is 0 Å². The SMILES string of the molecule is Cc1nnc2n1-c1scc(CCO)c1C(c1ccc(N)cc1)=NN2Cc1cccnc1. The van der Waals surface area contributed by atoms with Crippen LogP contribution in [0.15, 0.2) is 59.3 Å². The third-order valence-electron chi connectivity index (χ3n) is 5.17. The highest BCUT2D eigenvalue weighted by atomic mass is 32.1. The minimum atomic E-state index is 0.0611. The molecule has 5 rings (SSSR count). The van der Waals surface area contributed by atoms with Crippen molar-refractivity contribution < 1.29 is 5.11 Å². The molecule has 0 fully saturated rings. The van der Waals surface area contributed by atoms with Crippen LogP contribution in [0.3, 0.4) is 0 Å². The molecule has 3 N–H and O–H groups in total. The van der Waals surface area contributed by atoms with Crippen molar-refractivity contribution in [3.8, 4) is 5.00 Å². The molecule has 9 heteroatoms. The summed E-state index contributed by atoms with van der Waals surface area (Å²) in [6.45, 7) is 2.49. The number of fused-ring (bicyclic) bond motifs is 3. The van der Waals surface area contributed by atoms with E-state index in [0.29, 0.717) is 24.6 Å². The van der Waals surface area contributed by atoms with Gasteiger partial charge in [-0.15, -0.1) is 21.5 Å². The summed E-state index contributed by atoms with van der Waals surface area (Å²) in [6.07, 6.45) is 4.11. The number of nitrogen functional groups attached to an aromatic ring is 1. The number of anilines is 2. The molecule has 4 heterocycles. The van der Waals surface area contributed by atoms with Crippen LogP contribution in [0.5, 0.6) is 0 Å².